The molecule has 4 nitrogen and oxygen atoms in total. The Bertz CT molecular complexity index is 756. The van der Waals surface area contributed by atoms with Gasteiger partial charge in [0.2, 0.25) is 0 Å². The zero-order chi connectivity index (χ0) is 13.6. The van der Waals surface area contributed by atoms with E-state index in [1.807, 2.05) is 0 Å². The standard InChI is InChI=1S/C15H10O4/c16-11-7-3-6-10-12(15(18)19)8-4-1-2-5-9(8)14(17)13(10)11/h1-6,17H,7H2,(H,18,19). The number of hydrogen-bond donors (Lipinski definition) is 2. The number of benzene rings is 2. The molecule has 0 bridgehead atoms. The van der Waals surface area contributed by atoms with Crippen LogP contribution < -0.4 is 0 Å². The molecule has 1 aliphatic carbocycles. The number of carboxylic acids is 1. The van der Waals surface area contributed by atoms with E-state index in [1.165, 1.54) is 0 Å². The maximum atomic E-state index is 11.9. The third-order valence-corrected chi connectivity index (χ3v) is 3.31. The molecule has 0 atom stereocenters. The van der Waals surface area contributed by atoms with Gasteiger partial charge in [0.05, 0.1) is 11.1 Å². The lowest BCUT2D eigenvalue weighted by Crippen LogP contribution is -2.11. The van der Waals surface area contributed by atoms with Gasteiger partial charge in [-0.15, -0.1) is 0 Å². The van der Waals surface area contributed by atoms with E-state index in [1.54, 1.807) is 36.4 Å². The summed E-state index contributed by atoms with van der Waals surface area (Å²) in [4.78, 5) is 23.4. The maximum absolute atomic E-state index is 11.9. The van der Waals surface area contributed by atoms with Crippen LogP contribution in [-0.4, -0.2) is 22.0 Å². The minimum absolute atomic E-state index is 0.0627. The summed E-state index contributed by atoms with van der Waals surface area (Å²) in [7, 11) is 0. The lowest BCUT2D eigenvalue weighted by atomic mass is 9.87. The van der Waals surface area contributed by atoms with Gasteiger partial charge in [-0.2, -0.15) is 0 Å². The van der Waals surface area contributed by atoms with E-state index in [-0.39, 0.29) is 29.1 Å². The predicted molar refractivity (Wildman–Crippen MR) is 70.6 cm³/mol. The van der Waals surface area contributed by atoms with Crippen molar-refractivity contribution in [2.24, 2.45) is 0 Å². The fourth-order valence-electron chi connectivity index (χ4n) is 2.51. The monoisotopic (exact) mass is 254 g/mol. The Hall–Kier alpha value is -2.62. The molecule has 19 heavy (non-hydrogen) atoms. The molecule has 0 fully saturated rings. The van der Waals surface area contributed by atoms with Crippen LogP contribution in [-0.2, 0) is 0 Å². The molecule has 0 heterocycles. The van der Waals surface area contributed by atoms with Crippen LogP contribution in [0.3, 0.4) is 0 Å². The molecular formula is C15H10O4. The summed E-state index contributed by atoms with van der Waals surface area (Å²) in [5.74, 6) is -1.50. The van der Waals surface area contributed by atoms with Crippen molar-refractivity contribution in [3.8, 4) is 5.75 Å². The first kappa shape index (κ1) is 11.5. The van der Waals surface area contributed by atoms with Gasteiger partial charge in [0.25, 0.3) is 0 Å². The van der Waals surface area contributed by atoms with E-state index in [4.69, 9.17) is 0 Å². The van der Waals surface area contributed by atoms with Crippen LogP contribution in [0.2, 0.25) is 0 Å². The molecule has 0 aliphatic heterocycles. The first-order valence-corrected chi connectivity index (χ1v) is 5.82. The molecule has 2 aromatic rings. The second kappa shape index (κ2) is 3.95. The third kappa shape index (κ3) is 1.53. The summed E-state index contributed by atoms with van der Waals surface area (Å²) >= 11 is 0. The molecule has 2 N–H and O–H groups in total. The predicted octanol–water partition coefficient (Wildman–Crippen LogP) is 2.84. The number of phenols is 1. The van der Waals surface area contributed by atoms with Crippen molar-refractivity contribution in [3.05, 3.63) is 47.0 Å². The molecule has 0 spiro atoms. The Kier molecular flexibility index (Phi) is 2.38. The average Bonchev–Trinajstić information content (AvgIpc) is 2.38. The molecule has 0 aromatic heterocycles. The van der Waals surface area contributed by atoms with Crippen LogP contribution in [0.4, 0.5) is 0 Å². The highest BCUT2D eigenvalue weighted by Gasteiger charge is 2.26. The van der Waals surface area contributed by atoms with Crippen LogP contribution >= 0.6 is 0 Å². The molecule has 1 aliphatic rings. The van der Waals surface area contributed by atoms with Gasteiger partial charge in [0, 0.05) is 22.8 Å². The SMILES string of the molecule is O=C1CC=Cc2c1c(O)c1ccccc1c2C(=O)O. The number of carbonyl (C=O) groups excluding carboxylic acids is 1. The van der Waals surface area contributed by atoms with Gasteiger partial charge in [0.1, 0.15) is 5.75 Å². The first-order chi connectivity index (χ1) is 9.11. The summed E-state index contributed by atoms with van der Waals surface area (Å²) in [6.07, 6.45) is 3.38. The first-order valence-electron chi connectivity index (χ1n) is 5.82. The third-order valence-electron chi connectivity index (χ3n) is 3.31. The van der Waals surface area contributed by atoms with Gasteiger partial charge < -0.3 is 10.2 Å². The van der Waals surface area contributed by atoms with Crippen LogP contribution in [0.25, 0.3) is 16.8 Å². The number of carboxylic acid groups (broad SMARTS) is 1. The quantitative estimate of drug-likeness (QED) is 0.820. The summed E-state index contributed by atoms with van der Waals surface area (Å²) in [6.45, 7) is 0. The molecule has 3 rings (SSSR count). The van der Waals surface area contributed by atoms with Crippen molar-refractivity contribution in [2.45, 2.75) is 6.42 Å². The molecule has 2 aromatic carbocycles. The molecule has 4 heteroatoms. The number of carbonyl (C=O) groups is 2. The van der Waals surface area contributed by atoms with E-state index in [0.29, 0.717) is 16.3 Å². The highest BCUT2D eigenvalue weighted by Crippen LogP contribution is 2.38. The van der Waals surface area contributed by atoms with Gasteiger partial charge >= 0.3 is 5.97 Å². The number of ketones is 1. The minimum Gasteiger partial charge on any atom is -0.507 e. The number of fused-ring (bicyclic) bond motifs is 2. The highest BCUT2D eigenvalue weighted by molar-refractivity contribution is 6.17. The number of rotatable bonds is 1. The average molecular weight is 254 g/mol. The van der Waals surface area contributed by atoms with Crippen LogP contribution in [0.1, 0.15) is 32.7 Å². The Morgan fingerprint density at radius 3 is 2.53 bits per heavy atom. The summed E-state index contributed by atoms with van der Waals surface area (Å²) < 4.78 is 0. The van der Waals surface area contributed by atoms with E-state index < -0.39 is 5.97 Å². The fraction of sp³-hybridized carbons (Fsp3) is 0.0667. The van der Waals surface area contributed by atoms with Gasteiger partial charge in [0.15, 0.2) is 5.78 Å². The number of Topliss-reactive ketones (excluding diaryl/α,β-unsaturated/α-hetero) is 1. The Morgan fingerprint density at radius 1 is 1.16 bits per heavy atom. The molecule has 0 radical (unpaired) electrons. The number of aromatic carboxylic acids is 1. The fourth-order valence-corrected chi connectivity index (χ4v) is 2.51. The van der Waals surface area contributed by atoms with E-state index in [9.17, 15) is 19.8 Å². The zero-order valence-corrected chi connectivity index (χ0v) is 9.88. The number of phenolic OH excluding ortho intramolecular Hbond substituents is 1. The van der Waals surface area contributed by atoms with Crippen LogP contribution in [0.5, 0.6) is 5.75 Å². The van der Waals surface area contributed by atoms with Crippen LogP contribution in [0, 0.1) is 0 Å². The van der Waals surface area contributed by atoms with E-state index in [2.05, 4.69) is 0 Å². The zero-order valence-electron chi connectivity index (χ0n) is 9.88. The lowest BCUT2D eigenvalue weighted by Gasteiger charge is -2.17. The van der Waals surface area contributed by atoms with Gasteiger partial charge in [-0.1, -0.05) is 36.4 Å². The van der Waals surface area contributed by atoms with Crippen molar-refractivity contribution < 1.29 is 19.8 Å². The van der Waals surface area contributed by atoms with Crippen LogP contribution in [0.15, 0.2) is 30.3 Å². The number of hydrogen-bond acceptors (Lipinski definition) is 3. The van der Waals surface area contributed by atoms with Gasteiger partial charge in [-0.05, 0) is 0 Å². The summed E-state index contributed by atoms with van der Waals surface area (Å²) in [5, 5.41) is 20.4. The molecule has 0 saturated carbocycles. The summed E-state index contributed by atoms with van der Waals surface area (Å²) in [6, 6.07) is 6.65. The maximum Gasteiger partial charge on any atom is 0.336 e. The minimum atomic E-state index is -1.10. The molecule has 0 saturated heterocycles. The molecule has 0 unspecified atom stereocenters. The van der Waals surface area contributed by atoms with E-state index >= 15 is 0 Å². The van der Waals surface area contributed by atoms with Crippen molar-refractivity contribution in [1.29, 1.82) is 0 Å². The molecule has 0 amide bonds. The Labute approximate surface area is 108 Å². The van der Waals surface area contributed by atoms with Crippen molar-refractivity contribution in [2.75, 3.05) is 0 Å². The highest BCUT2D eigenvalue weighted by atomic mass is 16.4. The number of aromatic hydroxyl groups is 1. The number of allylic oxidation sites excluding steroid dienone is 1. The van der Waals surface area contributed by atoms with Gasteiger partial charge in [-0.25, -0.2) is 4.79 Å². The normalized spacial score (nSPS) is 13.6. The van der Waals surface area contributed by atoms with Crippen molar-refractivity contribution in [3.63, 3.8) is 0 Å². The topological polar surface area (TPSA) is 74.6 Å². The second-order valence-corrected chi connectivity index (χ2v) is 4.39. The molecular weight excluding hydrogens is 244 g/mol. The van der Waals surface area contributed by atoms with E-state index in [0.717, 1.165) is 0 Å². The smallest absolute Gasteiger partial charge is 0.336 e. The van der Waals surface area contributed by atoms with Crippen molar-refractivity contribution >= 4 is 28.6 Å². The Balaban J connectivity index is 2.58. The lowest BCUT2D eigenvalue weighted by molar-refractivity contribution is 0.0699. The molecule has 94 valence electrons. The van der Waals surface area contributed by atoms with Gasteiger partial charge in [-0.3, -0.25) is 4.79 Å². The second-order valence-electron chi connectivity index (χ2n) is 4.39. The summed E-state index contributed by atoms with van der Waals surface area (Å²) in [5.41, 5.74) is 0.464. The van der Waals surface area contributed by atoms with Crippen molar-refractivity contribution in [1.82, 2.24) is 0 Å². The largest absolute Gasteiger partial charge is 0.507 e. The Morgan fingerprint density at radius 2 is 1.84 bits per heavy atom.